The van der Waals surface area contributed by atoms with Gasteiger partial charge in [-0.2, -0.15) is 0 Å². The largest absolute Gasteiger partial charge is 0.465 e. The second-order valence-corrected chi connectivity index (χ2v) is 3.26. The highest BCUT2D eigenvalue weighted by molar-refractivity contribution is 5.71. The Balaban J connectivity index is 3.50. The number of aliphatic hydroxyl groups is 1. The van der Waals surface area contributed by atoms with Gasteiger partial charge in [0.25, 0.3) is 0 Å². The Morgan fingerprint density at radius 1 is 1.54 bits per heavy atom. The predicted octanol–water partition coefficient (Wildman–Crippen LogP) is 0.300. The van der Waals surface area contributed by atoms with Gasteiger partial charge in [0.15, 0.2) is 0 Å². The maximum Gasteiger partial charge on any atom is 0.319 e. The van der Waals surface area contributed by atoms with E-state index in [4.69, 9.17) is 4.74 Å². The summed E-state index contributed by atoms with van der Waals surface area (Å²) in [6.07, 6.45) is 0.656. The predicted molar refractivity (Wildman–Crippen MR) is 50.4 cm³/mol. The Labute approximate surface area is 79.3 Å². The van der Waals surface area contributed by atoms with Crippen LogP contribution < -0.4 is 5.32 Å². The van der Waals surface area contributed by atoms with Gasteiger partial charge in [0.05, 0.1) is 18.8 Å². The van der Waals surface area contributed by atoms with Crippen LogP contribution in [0.3, 0.4) is 0 Å². The Morgan fingerprint density at radius 3 is 2.62 bits per heavy atom. The second-order valence-electron chi connectivity index (χ2n) is 3.26. The number of ether oxygens (including phenoxy) is 1. The van der Waals surface area contributed by atoms with Crippen LogP contribution in [0.1, 0.15) is 27.2 Å². The van der Waals surface area contributed by atoms with Crippen molar-refractivity contribution in [3.05, 3.63) is 0 Å². The van der Waals surface area contributed by atoms with Crippen molar-refractivity contribution in [3.8, 4) is 0 Å². The number of hydrogen-bond donors (Lipinski definition) is 2. The van der Waals surface area contributed by atoms with E-state index >= 15 is 0 Å². The number of carbonyl (C=O) groups excluding carboxylic acids is 1. The van der Waals surface area contributed by atoms with Crippen LogP contribution in [0.25, 0.3) is 0 Å². The van der Waals surface area contributed by atoms with Gasteiger partial charge in [0.2, 0.25) is 0 Å². The lowest BCUT2D eigenvalue weighted by atomic mass is 10.0. The van der Waals surface area contributed by atoms with Crippen molar-refractivity contribution in [2.24, 2.45) is 0 Å². The summed E-state index contributed by atoms with van der Waals surface area (Å²) in [7, 11) is 0. The molecule has 2 N–H and O–H groups in total. The van der Waals surface area contributed by atoms with Gasteiger partial charge in [-0.15, -0.1) is 0 Å². The molecule has 4 heteroatoms. The zero-order chi connectivity index (χ0) is 10.3. The van der Waals surface area contributed by atoms with E-state index in [1.165, 1.54) is 0 Å². The Bertz CT molecular complexity index is 157. The molecule has 4 nitrogen and oxygen atoms in total. The molecule has 1 atom stereocenters. The molecule has 0 saturated carbocycles. The molecular weight excluding hydrogens is 170 g/mol. The van der Waals surface area contributed by atoms with Gasteiger partial charge in [-0.05, 0) is 20.3 Å². The summed E-state index contributed by atoms with van der Waals surface area (Å²) < 4.78 is 4.71. The van der Waals surface area contributed by atoms with Crippen LogP contribution in [0, 0.1) is 0 Å². The van der Waals surface area contributed by atoms with Gasteiger partial charge in [0.1, 0.15) is 0 Å². The highest BCUT2D eigenvalue weighted by atomic mass is 16.5. The van der Waals surface area contributed by atoms with E-state index in [9.17, 15) is 9.90 Å². The standard InChI is InChI=1S/C9H19NO3/c1-4-9(3,12)7-10-6-8(11)13-5-2/h10,12H,4-7H2,1-3H3. The second kappa shape index (κ2) is 5.94. The normalized spacial score (nSPS) is 15.1. The third kappa shape index (κ3) is 6.54. The molecule has 0 rings (SSSR count). The van der Waals surface area contributed by atoms with E-state index in [2.05, 4.69) is 5.32 Å². The van der Waals surface area contributed by atoms with Crippen LogP contribution in [-0.2, 0) is 9.53 Å². The van der Waals surface area contributed by atoms with Crippen LogP contribution in [-0.4, -0.2) is 36.4 Å². The van der Waals surface area contributed by atoms with E-state index in [0.717, 1.165) is 0 Å². The maximum absolute atomic E-state index is 10.9. The maximum atomic E-state index is 10.9. The molecule has 0 radical (unpaired) electrons. The van der Waals surface area contributed by atoms with Crippen molar-refractivity contribution in [2.45, 2.75) is 32.8 Å². The lowest BCUT2D eigenvalue weighted by molar-refractivity contribution is -0.142. The minimum absolute atomic E-state index is 0.157. The summed E-state index contributed by atoms with van der Waals surface area (Å²) in [5, 5.41) is 12.4. The quantitative estimate of drug-likeness (QED) is 0.590. The average Bonchev–Trinajstić information content (AvgIpc) is 2.05. The van der Waals surface area contributed by atoms with E-state index in [-0.39, 0.29) is 12.5 Å². The third-order valence-electron chi connectivity index (χ3n) is 1.84. The van der Waals surface area contributed by atoms with Gasteiger partial charge in [-0.1, -0.05) is 6.92 Å². The fourth-order valence-corrected chi connectivity index (χ4v) is 0.771. The molecule has 0 bridgehead atoms. The number of hydrogen-bond acceptors (Lipinski definition) is 4. The van der Waals surface area contributed by atoms with Crippen molar-refractivity contribution in [2.75, 3.05) is 19.7 Å². The monoisotopic (exact) mass is 189 g/mol. The first-order valence-electron chi connectivity index (χ1n) is 4.60. The van der Waals surface area contributed by atoms with Gasteiger partial charge in [-0.25, -0.2) is 0 Å². The molecule has 0 heterocycles. The van der Waals surface area contributed by atoms with Crippen LogP contribution in [0.15, 0.2) is 0 Å². The zero-order valence-corrected chi connectivity index (χ0v) is 8.59. The summed E-state index contributed by atoms with van der Waals surface area (Å²) in [6.45, 7) is 6.34. The Hall–Kier alpha value is -0.610. The van der Waals surface area contributed by atoms with Gasteiger partial charge in [0, 0.05) is 6.54 Å². The lowest BCUT2D eigenvalue weighted by Gasteiger charge is -2.21. The number of esters is 1. The van der Waals surface area contributed by atoms with Crippen molar-refractivity contribution in [1.82, 2.24) is 5.32 Å². The summed E-state index contributed by atoms with van der Waals surface area (Å²) >= 11 is 0. The SMILES string of the molecule is CCOC(=O)CNCC(C)(O)CC. The molecule has 0 aromatic heterocycles. The summed E-state index contributed by atoms with van der Waals surface area (Å²) in [5.74, 6) is -0.283. The first-order valence-corrected chi connectivity index (χ1v) is 4.60. The molecule has 0 aromatic rings. The lowest BCUT2D eigenvalue weighted by Crippen LogP contribution is -2.39. The first-order chi connectivity index (χ1) is 6.02. The van der Waals surface area contributed by atoms with Crippen LogP contribution in [0.2, 0.25) is 0 Å². The number of carbonyl (C=O) groups is 1. The van der Waals surface area contributed by atoms with Gasteiger partial charge >= 0.3 is 5.97 Å². The molecule has 0 amide bonds. The molecule has 0 aliphatic rings. The minimum atomic E-state index is -0.744. The molecule has 0 saturated heterocycles. The van der Waals surface area contributed by atoms with Crippen molar-refractivity contribution in [1.29, 1.82) is 0 Å². The van der Waals surface area contributed by atoms with E-state index in [1.54, 1.807) is 13.8 Å². The van der Waals surface area contributed by atoms with Gasteiger partial charge < -0.3 is 15.2 Å². The van der Waals surface area contributed by atoms with Crippen molar-refractivity contribution in [3.63, 3.8) is 0 Å². The van der Waals surface area contributed by atoms with Crippen LogP contribution in [0.4, 0.5) is 0 Å². The molecule has 0 fully saturated rings. The summed E-state index contributed by atoms with van der Waals surface area (Å²) in [6, 6.07) is 0. The highest BCUT2D eigenvalue weighted by Crippen LogP contribution is 2.05. The average molecular weight is 189 g/mol. The molecule has 0 aliphatic carbocycles. The Morgan fingerprint density at radius 2 is 2.15 bits per heavy atom. The molecule has 1 unspecified atom stereocenters. The topological polar surface area (TPSA) is 58.6 Å². The molecule has 0 spiro atoms. The summed E-state index contributed by atoms with van der Waals surface area (Å²) in [4.78, 5) is 10.9. The van der Waals surface area contributed by atoms with Gasteiger partial charge in [-0.3, -0.25) is 4.79 Å². The molecular formula is C9H19NO3. The number of nitrogens with one attached hydrogen (secondary N) is 1. The van der Waals surface area contributed by atoms with Crippen molar-refractivity contribution < 1.29 is 14.6 Å². The minimum Gasteiger partial charge on any atom is -0.465 e. The first kappa shape index (κ1) is 12.4. The fraction of sp³-hybridized carbons (Fsp3) is 0.889. The molecule has 0 aromatic carbocycles. The van der Waals surface area contributed by atoms with E-state index in [1.807, 2.05) is 6.92 Å². The van der Waals surface area contributed by atoms with E-state index < -0.39 is 5.60 Å². The van der Waals surface area contributed by atoms with Crippen LogP contribution >= 0.6 is 0 Å². The molecule has 0 aliphatic heterocycles. The molecule has 13 heavy (non-hydrogen) atoms. The van der Waals surface area contributed by atoms with Crippen LogP contribution in [0.5, 0.6) is 0 Å². The van der Waals surface area contributed by atoms with E-state index in [0.29, 0.717) is 19.6 Å². The zero-order valence-electron chi connectivity index (χ0n) is 8.59. The smallest absolute Gasteiger partial charge is 0.319 e. The van der Waals surface area contributed by atoms with Crippen molar-refractivity contribution >= 4 is 5.97 Å². The highest BCUT2D eigenvalue weighted by Gasteiger charge is 2.16. The summed E-state index contributed by atoms with van der Waals surface area (Å²) in [5.41, 5.74) is -0.744. The fourth-order valence-electron chi connectivity index (χ4n) is 0.771. The third-order valence-corrected chi connectivity index (χ3v) is 1.84. The Kier molecular flexibility index (Phi) is 5.66. The molecule has 78 valence electrons. The number of rotatable bonds is 6.